The maximum Gasteiger partial charge on any atom is 0.233 e. The Labute approximate surface area is 117 Å². The van der Waals surface area contributed by atoms with Crippen LogP contribution in [-0.2, 0) is 4.79 Å². The molecule has 0 unspecified atom stereocenters. The quantitative estimate of drug-likeness (QED) is 0.776. The summed E-state index contributed by atoms with van der Waals surface area (Å²) in [7, 11) is 0. The lowest BCUT2D eigenvalue weighted by atomic mass is 9.81. The molecule has 19 heavy (non-hydrogen) atoms. The molecule has 2 saturated carbocycles. The first-order valence-electron chi connectivity index (χ1n) is 8.28. The van der Waals surface area contributed by atoms with E-state index in [0.29, 0.717) is 12.6 Å². The minimum atomic E-state index is 0.185. The zero-order valence-electron chi connectivity index (χ0n) is 12.4. The molecule has 0 aliphatic heterocycles. The van der Waals surface area contributed by atoms with Crippen LogP contribution in [0.1, 0.15) is 64.7 Å². The van der Waals surface area contributed by atoms with E-state index in [1.54, 1.807) is 0 Å². The van der Waals surface area contributed by atoms with Crippen molar-refractivity contribution in [3.05, 3.63) is 0 Å². The Morgan fingerprint density at radius 3 is 2.26 bits per heavy atom. The van der Waals surface area contributed by atoms with E-state index in [4.69, 9.17) is 0 Å². The molecule has 2 N–H and O–H groups in total. The van der Waals surface area contributed by atoms with Gasteiger partial charge in [0.2, 0.25) is 5.91 Å². The van der Waals surface area contributed by atoms with Gasteiger partial charge in [0.05, 0.1) is 6.54 Å². The van der Waals surface area contributed by atoms with Crippen LogP contribution in [0.3, 0.4) is 0 Å². The SMILES string of the molecule is CCC1CCC(CNC(=O)CNC2CCCC2)CC1. The second-order valence-electron chi connectivity index (χ2n) is 6.46. The minimum Gasteiger partial charge on any atom is -0.355 e. The summed E-state index contributed by atoms with van der Waals surface area (Å²) < 4.78 is 0. The van der Waals surface area contributed by atoms with E-state index in [1.807, 2.05) is 0 Å². The predicted molar refractivity (Wildman–Crippen MR) is 79.0 cm³/mol. The first-order valence-corrected chi connectivity index (χ1v) is 8.28. The zero-order valence-corrected chi connectivity index (χ0v) is 12.4. The van der Waals surface area contributed by atoms with Crippen LogP contribution in [0, 0.1) is 11.8 Å². The molecule has 110 valence electrons. The summed E-state index contributed by atoms with van der Waals surface area (Å²) in [6.45, 7) is 3.69. The third-order valence-corrected chi connectivity index (χ3v) is 5.04. The van der Waals surface area contributed by atoms with E-state index in [2.05, 4.69) is 17.6 Å². The van der Waals surface area contributed by atoms with Crippen LogP contribution in [0.25, 0.3) is 0 Å². The van der Waals surface area contributed by atoms with Crippen LogP contribution < -0.4 is 10.6 Å². The lowest BCUT2D eigenvalue weighted by Gasteiger charge is -2.27. The highest BCUT2D eigenvalue weighted by molar-refractivity contribution is 5.78. The van der Waals surface area contributed by atoms with Crippen LogP contribution in [0.2, 0.25) is 0 Å². The fourth-order valence-electron chi connectivity index (χ4n) is 3.53. The number of amides is 1. The summed E-state index contributed by atoms with van der Waals surface area (Å²) in [6, 6.07) is 0.589. The molecule has 0 radical (unpaired) electrons. The topological polar surface area (TPSA) is 41.1 Å². The normalized spacial score (nSPS) is 28.5. The molecule has 2 rings (SSSR count). The summed E-state index contributed by atoms with van der Waals surface area (Å²) in [5, 5.41) is 6.48. The summed E-state index contributed by atoms with van der Waals surface area (Å²) in [5.41, 5.74) is 0. The Hall–Kier alpha value is -0.570. The molecule has 0 saturated heterocycles. The third kappa shape index (κ3) is 5.13. The molecule has 2 fully saturated rings. The largest absolute Gasteiger partial charge is 0.355 e. The van der Waals surface area contributed by atoms with Crippen molar-refractivity contribution in [3.8, 4) is 0 Å². The molecule has 2 aliphatic carbocycles. The Morgan fingerprint density at radius 2 is 1.63 bits per heavy atom. The second-order valence-corrected chi connectivity index (χ2v) is 6.46. The van der Waals surface area contributed by atoms with Crippen molar-refractivity contribution in [3.63, 3.8) is 0 Å². The van der Waals surface area contributed by atoms with Gasteiger partial charge in [-0.1, -0.05) is 39.0 Å². The average molecular weight is 266 g/mol. The van der Waals surface area contributed by atoms with Crippen molar-refractivity contribution >= 4 is 5.91 Å². The summed E-state index contributed by atoms with van der Waals surface area (Å²) in [4.78, 5) is 11.8. The van der Waals surface area contributed by atoms with Crippen LogP contribution in [0.5, 0.6) is 0 Å². The van der Waals surface area contributed by atoms with Gasteiger partial charge in [0.15, 0.2) is 0 Å². The zero-order chi connectivity index (χ0) is 13.5. The number of rotatable bonds is 6. The molecule has 0 spiro atoms. The van der Waals surface area contributed by atoms with Gasteiger partial charge in [0, 0.05) is 12.6 Å². The average Bonchev–Trinajstić information content (AvgIpc) is 2.96. The number of carbonyl (C=O) groups excluding carboxylic acids is 1. The smallest absolute Gasteiger partial charge is 0.233 e. The lowest BCUT2D eigenvalue weighted by Crippen LogP contribution is -2.40. The molecular weight excluding hydrogens is 236 g/mol. The van der Waals surface area contributed by atoms with Gasteiger partial charge < -0.3 is 10.6 Å². The number of hydrogen-bond acceptors (Lipinski definition) is 2. The molecule has 2 aliphatic rings. The van der Waals surface area contributed by atoms with Gasteiger partial charge in [-0.25, -0.2) is 0 Å². The number of carbonyl (C=O) groups is 1. The molecule has 0 bridgehead atoms. The van der Waals surface area contributed by atoms with Crippen LogP contribution in [-0.4, -0.2) is 25.0 Å². The number of nitrogens with one attached hydrogen (secondary N) is 2. The maximum atomic E-state index is 11.8. The van der Waals surface area contributed by atoms with Gasteiger partial charge in [0.25, 0.3) is 0 Å². The molecule has 1 amide bonds. The maximum absolute atomic E-state index is 11.8. The highest BCUT2D eigenvalue weighted by atomic mass is 16.1. The van der Waals surface area contributed by atoms with Crippen molar-refractivity contribution < 1.29 is 4.79 Å². The van der Waals surface area contributed by atoms with Gasteiger partial charge in [-0.3, -0.25) is 4.79 Å². The molecule has 0 aromatic rings. The van der Waals surface area contributed by atoms with E-state index in [9.17, 15) is 4.79 Å². The van der Waals surface area contributed by atoms with E-state index >= 15 is 0 Å². The summed E-state index contributed by atoms with van der Waals surface area (Å²) >= 11 is 0. The van der Waals surface area contributed by atoms with Gasteiger partial charge >= 0.3 is 0 Å². The minimum absolute atomic E-state index is 0.185. The van der Waals surface area contributed by atoms with Crippen molar-refractivity contribution in [1.82, 2.24) is 10.6 Å². The van der Waals surface area contributed by atoms with Crippen LogP contribution in [0.15, 0.2) is 0 Å². The molecule has 0 heterocycles. The van der Waals surface area contributed by atoms with Crippen molar-refractivity contribution in [1.29, 1.82) is 0 Å². The highest BCUT2D eigenvalue weighted by Gasteiger charge is 2.20. The first-order chi connectivity index (χ1) is 9.28. The summed E-state index contributed by atoms with van der Waals surface area (Å²) in [6.07, 6.45) is 11.8. The fraction of sp³-hybridized carbons (Fsp3) is 0.938. The molecule has 0 atom stereocenters. The predicted octanol–water partition coefficient (Wildman–Crippen LogP) is 2.85. The van der Waals surface area contributed by atoms with Gasteiger partial charge in [-0.15, -0.1) is 0 Å². The van der Waals surface area contributed by atoms with Gasteiger partial charge in [-0.2, -0.15) is 0 Å². The fourth-order valence-corrected chi connectivity index (χ4v) is 3.53. The van der Waals surface area contributed by atoms with E-state index < -0.39 is 0 Å². The molecule has 0 aromatic carbocycles. The van der Waals surface area contributed by atoms with Crippen LogP contribution in [0.4, 0.5) is 0 Å². The third-order valence-electron chi connectivity index (χ3n) is 5.04. The number of hydrogen-bond donors (Lipinski definition) is 2. The van der Waals surface area contributed by atoms with Gasteiger partial charge in [-0.05, 0) is 37.5 Å². The Kier molecular flexibility index (Phi) is 6.15. The van der Waals surface area contributed by atoms with Crippen molar-refractivity contribution in [2.45, 2.75) is 70.8 Å². The Balaban J connectivity index is 1.53. The lowest BCUT2D eigenvalue weighted by molar-refractivity contribution is -0.120. The Morgan fingerprint density at radius 1 is 1.00 bits per heavy atom. The first kappa shape index (κ1) is 14.8. The summed E-state index contributed by atoms with van der Waals surface area (Å²) in [5.74, 6) is 1.85. The van der Waals surface area contributed by atoms with E-state index in [0.717, 1.165) is 18.4 Å². The molecule has 3 nitrogen and oxygen atoms in total. The van der Waals surface area contributed by atoms with E-state index in [-0.39, 0.29) is 5.91 Å². The molecule has 3 heteroatoms. The standard InChI is InChI=1S/C16H30N2O/c1-2-13-7-9-14(10-8-13)11-18-16(19)12-17-15-5-3-4-6-15/h13-15,17H,2-12H2,1H3,(H,18,19). The molecular formula is C16H30N2O. The van der Waals surface area contributed by atoms with Crippen molar-refractivity contribution in [2.24, 2.45) is 11.8 Å². The molecule has 0 aromatic heterocycles. The van der Waals surface area contributed by atoms with Gasteiger partial charge in [0.1, 0.15) is 0 Å². The monoisotopic (exact) mass is 266 g/mol. The van der Waals surface area contributed by atoms with Crippen molar-refractivity contribution in [2.75, 3.05) is 13.1 Å². The highest BCUT2D eigenvalue weighted by Crippen LogP contribution is 2.30. The second kappa shape index (κ2) is 7.88. The Bertz CT molecular complexity index is 266. The van der Waals surface area contributed by atoms with E-state index in [1.165, 1.54) is 57.8 Å². The van der Waals surface area contributed by atoms with Crippen LogP contribution >= 0.6 is 0 Å².